The summed E-state index contributed by atoms with van der Waals surface area (Å²) in [5.41, 5.74) is 0. The summed E-state index contributed by atoms with van der Waals surface area (Å²) >= 11 is 2.03. The monoisotopic (exact) mass is 283 g/mol. The second-order valence-electron chi connectivity index (χ2n) is 4.23. The Labute approximate surface area is 118 Å². The molecule has 106 valence electrons. The molecule has 0 spiro atoms. The third kappa shape index (κ3) is 3.87. The second-order valence-corrected chi connectivity index (χ2v) is 5.46. The number of aromatic nitrogens is 2. The maximum Gasteiger partial charge on any atom is 0.204 e. The fourth-order valence-electron chi connectivity index (χ4n) is 2.03. The van der Waals surface area contributed by atoms with Crippen LogP contribution < -0.4 is 15.4 Å². The number of nitrogens with zero attached hydrogens (tertiary/aromatic N) is 3. The van der Waals surface area contributed by atoms with Crippen LogP contribution >= 0.6 is 11.8 Å². The average molecular weight is 283 g/mol. The molecule has 7 heteroatoms. The van der Waals surface area contributed by atoms with Crippen LogP contribution in [0.15, 0.2) is 6.33 Å². The molecule has 0 unspecified atom stereocenters. The Balaban J connectivity index is 1.88. The highest BCUT2D eigenvalue weighted by atomic mass is 32.2. The Kier molecular flexibility index (Phi) is 5.53. The zero-order chi connectivity index (χ0) is 13.5. The van der Waals surface area contributed by atoms with Crippen molar-refractivity contribution in [2.45, 2.75) is 0 Å². The number of thioether (sulfide) groups is 1. The Morgan fingerprint density at radius 3 is 2.74 bits per heavy atom. The summed E-state index contributed by atoms with van der Waals surface area (Å²) in [6.45, 7) is 4.24. The lowest BCUT2D eigenvalue weighted by Gasteiger charge is -2.26. The fraction of sp³-hybridized carbons (Fsp3) is 0.667. The van der Waals surface area contributed by atoms with Crippen LogP contribution in [0.3, 0.4) is 0 Å². The molecule has 2 heterocycles. The van der Waals surface area contributed by atoms with Crippen molar-refractivity contribution in [2.75, 3.05) is 62.5 Å². The van der Waals surface area contributed by atoms with Gasteiger partial charge in [-0.25, -0.2) is 9.97 Å². The highest BCUT2D eigenvalue weighted by Crippen LogP contribution is 2.28. The average Bonchev–Trinajstić information content (AvgIpc) is 2.48. The predicted octanol–water partition coefficient (Wildman–Crippen LogP) is 0.988. The molecular weight excluding hydrogens is 262 g/mol. The van der Waals surface area contributed by atoms with Crippen LogP contribution in [0.2, 0.25) is 0 Å². The van der Waals surface area contributed by atoms with E-state index in [1.807, 2.05) is 18.8 Å². The number of ether oxygens (including phenoxy) is 1. The molecule has 2 N–H and O–H groups in total. The van der Waals surface area contributed by atoms with E-state index in [1.165, 1.54) is 30.9 Å². The summed E-state index contributed by atoms with van der Waals surface area (Å²) in [5.74, 6) is 4.59. The maximum atomic E-state index is 5.34. The molecule has 1 aliphatic heterocycles. The van der Waals surface area contributed by atoms with Crippen LogP contribution in [-0.2, 0) is 0 Å². The molecular formula is C12H21N5OS. The first-order valence-electron chi connectivity index (χ1n) is 6.46. The van der Waals surface area contributed by atoms with Gasteiger partial charge in [0.15, 0.2) is 11.6 Å². The first-order valence-corrected chi connectivity index (χ1v) is 7.61. The zero-order valence-electron chi connectivity index (χ0n) is 11.5. The molecule has 19 heavy (non-hydrogen) atoms. The summed E-state index contributed by atoms with van der Waals surface area (Å²) in [6, 6.07) is 0. The van der Waals surface area contributed by atoms with E-state index in [4.69, 9.17) is 4.74 Å². The van der Waals surface area contributed by atoms with Gasteiger partial charge in [0.25, 0.3) is 0 Å². The van der Waals surface area contributed by atoms with Gasteiger partial charge in [-0.2, -0.15) is 11.8 Å². The summed E-state index contributed by atoms with van der Waals surface area (Å²) < 4.78 is 5.34. The highest BCUT2D eigenvalue weighted by Gasteiger charge is 2.12. The molecule has 0 aromatic carbocycles. The third-order valence-electron chi connectivity index (χ3n) is 3.07. The highest BCUT2D eigenvalue weighted by molar-refractivity contribution is 7.99. The standard InChI is InChI=1S/C12H21N5OS/c1-13-11-10(18-2)12(16-9-15-11)14-3-4-17-5-7-19-8-6-17/h9H,3-8H2,1-2H3,(H2,13,14,15,16). The molecule has 0 bridgehead atoms. The molecule has 1 saturated heterocycles. The van der Waals surface area contributed by atoms with Crippen LogP contribution in [0.4, 0.5) is 11.6 Å². The minimum Gasteiger partial charge on any atom is -0.490 e. The molecule has 0 amide bonds. The first-order chi connectivity index (χ1) is 9.35. The van der Waals surface area contributed by atoms with Crippen molar-refractivity contribution < 1.29 is 4.74 Å². The topological polar surface area (TPSA) is 62.3 Å². The van der Waals surface area contributed by atoms with Gasteiger partial charge in [-0.15, -0.1) is 0 Å². The normalized spacial score (nSPS) is 16.1. The van der Waals surface area contributed by atoms with E-state index in [9.17, 15) is 0 Å². The van der Waals surface area contributed by atoms with Crippen molar-refractivity contribution in [1.29, 1.82) is 0 Å². The number of rotatable bonds is 6. The Morgan fingerprint density at radius 2 is 2.05 bits per heavy atom. The van der Waals surface area contributed by atoms with Gasteiger partial charge in [0, 0.05) is 44.7 Å². The van der Waals surface area contributed by atoms with Crippen LogP contribution in [-0.4, -0.2) is 66.7 Å². The summed E-state index contributed by atoms with van der Waals surface area (Å²) in [6.07, 6.45) is 1.54. The lowest BCUT2D eigenvalue weighted by atomic mass is 10.4. The van der Waals surface area contributed by atoms with Crippen LogP contribution in [0, 0.1) is 0 Å². The minimum atomic E-state index is 0.666. The first kappa shape index (κ1) is 14.2. The summed E-state index contributed by atoms with van der Waals surface area (Å²) in [5, 5.41) is 6.32. The number of hydrogen-bond acceptors (Lipinski definition) is 7. The van der Waals surface area contributed by atoms with Crippen LogP contribution in [0.25, 0.3) is 0 Å². The molecule has 0 atom stereocenters. The summed E-state index contributed by atoms with van der Waals surface area (Å²) in [4.78, 5) is 10.8. The van der Waals surface area contributed by atoms with Gasteiger partial charge in [0.05, 0.1) is 7.11 Å². The molecule has 6 nitrogen and oxygen atoms in total. The van der Waals surface area contributed by atoms with Gasteiger partial charge < -0.3 is 15.4 Å². The quantitative estimate of drug-likeness (QED) is 0.807. The number of hydrogen-bond donors (Lipinski definition) is 2. The van der Waals surface area contributed by atoms with Crippen molar-refractivity contribution in [1.82, 2.24) is 14.9 Å². The smallest absolute Gasteiger partial charge is 0.204 e. The molecule has 2 rings (SSSR count). The second kappa shape index (κ2) is 7.40. The molecule has 0 aliphatic carbocycles. The maximum absolute atomic E-state index is 5.34. The van der Waals surface area contributed by atoms with Crippen LogP contribution in [0.5, 0.6) is 5.75 Å². The van der Waals surface area contributed by atoms with Crippen LogP contribution in [0.1, 0.15) is 0 Å². The predicted molar refractivity (Wildman–Crippen MR) is 80.4 cm³/mol. The lowest BCUT2D eigenvalue weighted by molar-refractivity contribution is 0.314. The fourth-order valence-corrected chi connectivity index (χ4v) is 3.01. The number of nitrogens with one attached hydrogen (secondary N) is 2. The van der Waals surface area contributed by atoms with E-state index in [-0.39, 0.29) is 0 Å². The van der Waals surface area contributed by atoms with Gasteiger partial charge in [0.1, 0.15) is 6.33 Å². The molecule has 1 fully saturated rings. The van der Waals surface area contributed by atoms with Crippen molar-refractivity contribution in [3.8, 4) is 5.75 Å². The third-order valence-corrected chi connectivity index (χ3v) is 4.01. The minimum absolute atomic E-state index is 0.666. The van der Waals surface area contributed by atoms with Crippen molar-refractivity contribution >= 4 is 23.4 Å². The van der Waals surface area contributed by atoms with Gasteiger partial charge in [0.2, 0.25) is 5.75 Å². The Bertz CT molecular complexity index is 398. The Morgan fingerprint density at radius 1 is 1.32 bits per heavy atom. The number of methoxy groups -OCH3 is 1. The van der Waals surface area contributed by atoms with Gasteiger partial charge in [-0.3, -0.25) is 4.90 Å². The van der Waals surface area contributed by atoms with E-state index in [0.29, 0.717) is 11.6 Å². The van der Waals surface area contributed by atoms with E-state index in [1.54, 1.807) is 7.11 Å². The molecule has 0 radical (unpaired) electrons. The van der Waals surface area contributed by atoms with Gasteiger partial charge in [-0.1, -0.05) is 0 Å². The van der Waals surface area contributed by atoms with Gasteiger partial charge >= 0.3 is 0 Å². The van der Waals surface area contributed by atoms with Crippen molar-refractivity contribution in [3.05, 3.63) is 6.33 Å². The summed E-state index contributed by atoms with van der Waals surface area (Å²) in [7, 11) is 3.45. The molecule has 1 aromatic heterocycles. The molecule has 1 aromatic rings. The van der Waals surface area contributed by atoms with E-state index in [0.717, 1.165) is 18.9 Å². The Hall–Kier alpha value is -1.21. The lowest BCUT2D eigenvalue weighted by Crippen LogP contribution is -2.36. The molecule has 1 aliphatic rings. The van der Waals surface area contributed by atoms with Gasteiger partial charge in [-0.05, 0) is 0 Å². The van der Waals surface area contributed by atoms with E-state index >= 15 is 0 Å². The SMILES string of the molecule is CNc1ncnc(NCCN2CCSCC2)c1OC. The number of anilines is 2. The largest absolute Gasteiger partial charge is 0.490 e. The van der Waals surface area contributed by atoms with E-state index < -0.39 is 0 Å². The molecule has 0 saturated carbocycles. The van der Waals surface area contributed by atoms with Crippen molar-refractivity contribution in [3.63, 3.8) is 0 Å². The van der Waals surface area contributed by atoms with E-state index in [2.05, 4.69) is 25.5 Å². The van der Waals surface area contributed by atoms with Crippen molar-refractivity contribution in [2.24, 2.45) is 0 Å². The zero-order valence-corrected chi connectivity index (χ0v) is 12.3.